The Hall–Kier alpha value is -0.770. The van der Waals surface area contributed by atoms with E-state index in [0.717, 1.165) is 37.2 Å². The molecule has 1 heterocycles. The van der Waals surface area contributed by atoms with Crippen LogP contribution in [-0.2, 0) is 6.61 Å². The van der Waals surface area contributed by atoms with E-state index in [2.05, 4.69) is 4.90 Å². The summed E-state index contributed by atoms with van der Waals surface area (Å²) in [5.41, 5.74) is 1.96. The van der Waals surface area contributed by atoms with Crippen molar-refractivity contribution in [3.63, 3.8) is 0 Å². The van der Waals surface area contributed by atoms with Crippen LogP contribution in [0.25, 0.3) is 0 Å². The lowest BCUT2D eigenvalue weighted by Gasteiger charge is -2.35. The highest BCUT2D eigenvalue weighted by Gasteiger charge is 2.21. The zero-order chi connectivity index (χ0) is 13.0. The molecule has 1 unspecified atom stereocenters. The second kappa shape index (κ2) is 6.41. The summed E-state index contributed by atoms with van der Waals surface area (Å²) < 4.78 is 0. The Kier molecular flexibility index (Phi) is 4.87. The summed E-state index contributed by atoms with van der Waals surface area (Å²) in [6.45, 7) is 2.22. The molecule has 3 nitrogen and oxygen atoms in total. The van der Waals surface area contributed by atoms with Crippen molar-refractivity contribution < 1.29 is 10.2 Å². The number of benzene rings is 1. The molecule has 0 saturated carbocycles. The molecule has 4 heteroatoms. The Morgan fingerprint density at radius 3 is 2.89 bits per heavy atom. The lowest BCUT2D eigenvalue weighted by atomic mass is 9.94. The number of rotatable bonds is 4. The molecule has 100 valence electrons. The third kappa shape index (κ3) is 3.16. The van der Waals surface area contributed by atoms with E-state index < -0.39 is 0 Å². The number of aliphatic hydroxyl groups excluding tert-OH is 2. The number of aliphatic hydroxyl groups is 2. The fourth-order valence-electron chi connectivity index (χ4n) is 2.67. The van der Waals surface area contributed by atoms with E-state index in [1.54, 1.807) is 0 Å². The Bertz CT molecular complexity index is 395. The second-order valence-electron chi connectivity index (χ2n) is 4.90. The van der Waals surface area contributed by atoms with Crippen LogP contribution in [0.5, 0.6) is 0 Å². The van der Waals surface area contributed by atoms with E-state index in [4.69, 9.17) is 16.7 Å². The molecule has 0 spiro atoms. The molecule has 1 aliphatic heterocycles. The van der Waals surface area contributed by atoms with Crippen LogP contribution in [0.15, 0.2) is 18.2 Å². The van der Waals surface area contributed by atoms with Gasteiger partial charge in [0.05, 0.1) is 6.61 Å². The van der Waals surface area contributed by atoms with Gasteiger partial charge in [-0.3, -0.25) is 0 Å². The Morgan fingerprint density at radius 2 is 2.17 bits per heavy atom. The van der Waals surface area contributed by atoms with Gasteiger partial charge in [-0.2, -0.15) is 0 Å². The van der Waals surface area contributed by atoms with Crippen molar-refractivity contribution in [2.24, 2.45) is 5.92 Å². The standard InChI is InChI=1S/C14H20ClNO2/c15-13-4-3-12(10-18)14(8-13)16-6-1-2-11(9-16)5-7-17/h3-4,8,11,17-18H,1-2,5-7,9-10H2. The zero-order valence-electron chi connectivity index (χ0n) is 10.5. The van der Waals surface area contributed by atoms with Crippen LogP contribution in [0.1, 0.15) is 24.8 Å². The Morgan fingerprint density at radius 1 is 1.33 bits per heavy atom. The number of piperidine rings is 1. The molecule has 0 radical (unpaired) electrons. The molecular weight excluding hydrogens is 250 g/mol. The van der Waals surface area contributed by atoms with Crippen molar-refractivity contribution >= 4 is 17.3 Å². The summed E-state index contributed by atoms with van der Waals surface area (Å²) in [4.78, 5) is 2.28. The van der Waals surface area contributed by atoms with Gasteiger partial charge >= 0.3 is 0 Å². The van der Waals surface area contributed by atoms with E-state index in [-0.39, 0.29) is 13.2 Å². The predicted molar refractivity (Wildman–Crippen MR) is 74.0 cm³/mol. The van der Waals surface area contributed by atoms with Gasteiger partial charge in [-0.05, 0) is 37.3 Å². The summed E-state index contributed by atoms with van der Waals surface area (Å²) in [6.07, 6.45) is 3.15. The fourth-order valence-corrected chi connectivity index (χ4v) is 2.83. The minimum absolute atomic E-state index is 0.0354. The van der Waals surface area contributed by atoms with E-state index in [1.165, 1.54) is 6.42 Å². The smallest absolute Gasteiger partial charge is 0.0702 e. The molecule has 0 aliphatic carbocycles. The van der Waals surface area contributed by atoms with Crippen LogP contribution in [-0.4, -0.2) is 29.9 Å². The molecule has 1 saturated heterocycles. The molecule has 0 aromatic heterocycles. The van der Waals surface area contributed by atoms with Crippen molar-refractivity contribution in [2.75, 3.05) is 24.6 Å². The first-order valence-corrected chi connectivity index (χ1v) is 6.87. The van der Waals surface area contributed by atoms with Crippen molar-refractivity contribution in [3.05, 3.63) is 28.8 Å². The molecular formula is C14H20ClNO2. The molecule has 0 bridgehead atoms. The summed E-state index contributed by atoms with van der Waals surface area (Å²) in [5.74, 6) is 0.536. The van der Waals surface area contributed by atoms with Gasteiger partial charge in [-0.1, -0.05) is 17.7 Å². The first-order valence-electron chi connectivity index (χ1n) is 6.49. The average molecular weight is 270 g/mol. The van der Waals surface area contributed by atoms with Crippen LogP contribution >= 0.6 is 11.6 Å². The predicted octanol–water partition coefficient (Wildman–Crippen LogP) is 2.43. The maximum atomic E-state index is 9.40. The lowest BCUT2D eigenvalue weighted by molar-refractivity contribution is 0.243. The third-order valence-electron chi connectivity index (χ3n) is 3.61. The minimum atomic E-state index is 0.0354. The van der Waals surface area contributed by atoms with Gasteiger partial charge in [0.25, 0.3) is 0 Å². The van der Waals surface area contributed by atoms with Gasteiger partial charge in [0.1, 0.15) is 0 Å². The summed E-state index contributed by atoms with van der Waals surface area (Å²) in [5, 5.41) is 19.1. The van der Waals surface area contributed by atoms with Crippen molar-refractivity contribution in [1.29, 1.82) is 0 Å². The van der Waals surface area contributed by atoms with Crippen molar-refractivity contribution in [3.8, 4) is 0 Å². The van der Waals surface area contributed by atoms with Gasteiger partial charge in [-0.25, -0.2) is 0 Å². The second-order valence-corrected chi connectivity index (χ2v) is 5.33. The number of hydrogen-bond acceptors (Lipinski definition) is 3. The van der Waals surface area contributed by atoms with Crippen LogP contribution in [0.2, 0.25) is 5.02 Å². The Balaban J connectivity index is 2.17. The Labute approximate surface area is 113 Å². The summed E-state index contributed by atoms with van der Waals surface area (Å²) >= 11 is 6.04. The minimum Gasteiger partial charge on any atom is -0.396 e. The van der Waals surface area contributed by atoms with Gasteiger partial charge in [-0.15, -0.1) is 0 Å². The van der Waals surface area contributed by atoms with Crippen LogP contribution < -0.4 is 4.90 Å². The lowest BCUT2D eigenvalue weighted by Crippen LogP contribution is -2.36. The third-order valence-corrected chi connectivity index (χ3v) is 3.85. The highest BCUT2D eigenvalue weighted by molar-refractivity contribution is 6.30. The number of nitrogens with zero attached hydrogens (tertiary/aromatic N) is 1. The van der Waals surface area contributed by atoms with Gasteiger partial charge in [0, 0.05) is 36.0 Å². The highest BCUT2D eigenvalue weighted by Crippen LogP contribution is 2.30. The number of anilines is 1. The molecule has 1 fully saturated rings. The van der Waals surface area contributed by atoms with E-state index >= 15 is 0 Å². The molecule has 2 N–H and O–H groups in total. The van der Waals surface area contributed by atoms with Gasteiger partial charge in [0.2, 0.25) is 0 Å². The molecule has 1 atom stereocenters. The molecule has 1 aromatic carbocycles. The molecule has 1 aliphatic rings. The molecule has 0 amide bonds. The van der Waals surface area contributed by atoms with Gasteiger partial charge in [0.15, 0.2) is 0 Å². The average Bonchev–Trinajstić information content (AvgIpc) is 2.39. The van der Waals surface area contributed by atoms with E-state index in [1.807, 2.05) is 18.2 Å². The number of hydrogen-bond donors (Lipinski definition) is 2. The molecule has 1 aromatic rings. The van der Waals surface area contributed by atoms with Crippen LogP contribution in [0, 0.1) is 5.92 Å². The monoisotopic (exact) mass is 269 g/mol. The van der Waals surface area contributed by atoms with Crippen LogP contribution in [0.3, 0.4) is 0 Å². The van der Waals surface area contributed by atoms with Crippen LogP contribution in [0.4, 0.5) is 5.69 Å². The SMILES string of the molecule is OCCC1CCCN(c2cc(Cl)ccc2CO)C1. The first kappa shape index (κ1) is 13.7. The fraction of sp³-hybridized carbons (Fsp3) is 0.571. The quantitative estimate of drug-likeness (QED) is 0.882. The van der Waals surface area contributed by atoms with E-state index in [0.29, 0.717) is 10.9 Å². The molecule has 2 rings (SSSR count). The largest absolute Gasteiger partial charge is 0.396 e. The van der Waals surface area contributed by atoms with Crippen molar-refractivity contribution in [1.82, 2.24) is 0 Å². The maximum absolute atomic E-state index is 9.40. The van der Waals surface area contributed by atoms with Crippen molar-refractivity contribution in [2.45, 2.75) is 25.9 Å². The normalized spacial score (nSPS) is 20.2. The van der Waals surface area contributed by atoms with E-state index in [9.17, 15) is 5.11 Å². The van der Waals surface area contributed by atoms with Gasteiger partial charge < -0.3 is 15.1 Å². The summed E-state index contributed by atoms with van der Waals surface area (Å²) in [7, 11) is 0. The highest BCUT2D eigenvalue weighted by atomic mass is 35.5. The zero-order valence-corrected chi connectivity index (χ0v) is 11.2. The first-order chi connectivity index (χ1) is 8.74. The number of halogens is 1. The summed E-state index contributed by atoms with van der Waals surface area (Å²) in [6, 6.07) is 5.62. The topological polar surface area (TPSA) is 43.7 Å². The molecule has 18 heavy (non-hydrogen) atoms. The maximum Gasteiger partial charge on any atom is 0.0702 e.